The number of ether oxygens (including phenoxy) is 2. The second-order valence-electron chi connectivity index (χ2n) is 7.38. The zero-order valence-electron chi connectivity index (χ0n) is 16.9. The molecule has 1 atom stereocenters. The van der Waals surface area contributed by atoms with Crippen LogP contribution >= 0.6 is 0 Å². The molecule has 1 saturated heterocycles. The summed E-state index contributed by atoms with van der Waals surface area (Å²) in [6, 6.07) is 15.9. The van der Waals surface area contributed by atoms with Gasteiger partial charge in [0.15, 0.2) is 0 Å². The second-order valence-corrected chi connectivity index (χ2v) is 7.38. The number of benzene rings is 2. The predicted octanol–water partition coefficient (Wildman–Crippen LogP) is 3.75. The maximum Gasteiger partial charge on any atom is 0.267 e. The maximum absolute atomic E-state index is 12.8. The highest BCUT2D eigenvalue weighted by Gasteiger charge is 2.24. The third kappa shape index (κ3) is 4.22. The lowest BCUT2D eigenvalue weighted by atomic mass is 10.0. The van der Waals surface area contributed by atoms with Crippen LogP contribution in [0.25, 0.3) is 10.9 Å². The van der Waals surface area contributed by atoms with Crippen LogP contribution in [0.1, 0.15) is 34.9 Å². The van der Waals surface area contributed by atoms with E-state index in [4.69, 9.17) is 9.47 Å². The SMILES string of the molecule is COc1cccc(C(CNC(=O)c2cc3ccc(OC)cc3[nH]2)N2CCCC2)c1. The Balaban J connectivity index is 1.51. The van der Waals surface area contributed by atoms with Crippen LogP contribution < -0.4 is 14.8 Å². The van der Waals surface area contributed by atoms with Gasteiger partial charge in [0.25, 0.3) is 5.91 Å². The van der Waals surface area contributed by atoms with Crippen LogP contribution in [0.2, 0.25) is 0 Å². The van der Waals surface area contributed by atoms with Crippen molar-refractivity contribution in [2.45, 2.75) is 18.9 Å². The highest BCUT2D eigenvalue weighted by molar-refractivity contribution is 5.98. The molecule has 0 saturated carbocycles. The fraction of sp³-hybridized carbons (Fsp3) is 0.348. The summed E-state index contributed by atoms with van der Waals surface area (Å²) in [5.74, 6) is 1.49. The number of amides is 1. The Labute approximate surface area is 170 Å². The molecule has 1 amide bonds. The Morgan fingerprint density at radius 1 is 1.07 bits per heavy atom. The van der Waals surface area contributed by atoms with Gasteiger partial charge in [0.1, 0.15) is 17.2 Å². The maximum atomic E-state index is 12.8. The van der Waals surface area contributed by atoms with Crippen LogP contribution in [0.15, 0.2) is 48.5 Å². The molecule has 1 unspecified atom stereocenters. The van der Waals surface area contributed by atoms with Gasteiger partial charge in [-0.15, -0.1) is 0 Å². The third-order valence-electron chi connectivity index (χ3n) is 5.59. The number of rotatable bonds is 7. The average Bonchev–Trinajstić information content (AvgIpc) is 3.43. The fourth-order valence-electron chi connectivity index (χ4n) is 4.00. The van der Waals surface area contributed by atoms with E-state index in [0.717, 1.165) is 41.1 Å². The van der Waals surface area contributed by atoms with Crippen LogP contribution in [0.3, 0.4) is 0 Å². The van der Waals surface area contributed by atoms with Crippen LogP contribution in [0.5, 0.6) is 11.5 Å². The van der Waals surface area contributed by atoms with Crippen LogP contribution in [0.4, 0.5) is 0 Å². The van der Waals surface area contributed by atoms with E-state index in [2.05, 4.69) is 27.3 Å². The molecule has 1 fully saturated rings. The van der Waals surface area contributed by atoms with E-state index in [9.17, 15) is 4.79 Å². The van der Waals surface area contributed by atoms with Gasteiger partial charge in [0, 0.05) is 23.5 Å². The number of carbonyl (C=O) groups excluding carboxylic acids is 1. The van der Waals surface area contributed by atoms with E-state index in [1.807, 2.05) is 36.4 Å². The minimum Gasteiger partial charge on any atom is -0.497 e. The first-order chi connectivity index (χ1) is 14.2. The number of H-pyrrole nitrogens is 1. The van der Waals surface area contributed by atoms with Gasteiger partial charge in [-0.1, -0.05) is 12.1 Å². The number of aromatic nitrogens is 1. The van der Waals surface area contributed by atoms with E-state index in [-0.39, 0.29) is 11.9 Å². The van der Waals surface area contributed by atoms with Gasteiger partial charge in [-0.05, 0) is 61.8 Å². The summed E-state index contributed by atoms with van der Waals surface area (Å²) >= 11 is 0. The van der Waals surface area contributed by atoms with E-state index in [1.54, 1.807) is 14.2 Å². The molecule has 1 aliphatic rings. The van der Waals surface area contributed by atoms with Crippen molar-refractivity contribution >= 4 is 16.8 Å². The predicted molar refractivity (Wildman–Crippen MR) is 114 cm³/mol. The smallest absolute Gasteiger partial charge is 0.267 e. The van der Waals surface area contributed by atoms with E-state index >= 15 is 0 Å². The summed E-state index contributed by atoms with van der Waals surface area (Å²) in [4.78, 5) is 18.5. The van der Waals surface area contributed by atoms with Crippen molar-refractivity contribution in [2.75, 3.05) is 33.9 Å². The first-order valence-corrected chi connectivity index (χ1v) is 10.0. The monoisotopic (exact) mass is 393 g/mol. The van der Waals surface area contributed by atoms with Crippen molar-refractivity contribution < 1.29 is 14.3 Å². The van der Waals surface area contributed by atoms with Crippen LogP contribution in [-0.4, -0.2) is 49.6 Å². The van der Waals surface area contributed by atoms with E-state index in [0.29, 0.717) is 12.2 Å². The van der Waals surface area contributed by atoms with Crippen molar-refractivity contribution in [1.82, 2.24) is 15.2 Å². The van der Waals surface area contributed by atoms with Crippen molar-refractivity contribution in [3.63, 3.8) is 0 Å². The van der Waals surface area contributed by atoms with Crippen molar-refractivity contribution in [1.29, 1.82) is 0 Å². The fourth-order valence-corrected chi connectivity index (χ4v) is 4.00. The number of likely N-dealkylation sites (tertiary alicyclic amines) is 1. The molecule has 1 aliphatic heterocycles. The Hall–Kier alpha value is -2.99. The third-order valence-corrected chi connectivity index (χ3v) is 5.59. The summed E-state index contributed by atoms with van der Waals surface area (Å²) in [5, 5.41) is 4.10. The normalized spacial score (nSPS) is 15.4. The molecule has 0 radical (unpaired) electrons. The molecule has 0 bridgehead atoms. The largest absolute Gasteiger partial charge is 0.497 e. The van der Waals surface area contributed by atoms with Gasteiger partial charge in [-0.2, -0.15) is 0 Å². The lowest BCUT2D eigenvalue weighted by Gasteiger charge is -2.28. The number of nitrogens with one attached hydrogen (secondary N) is 2. The summed E-state index contributed by atoms with van der Waals surface area (Å²) < 4.78 is 10.7. The molecule has 3 aromatic rings. The van der Waals surface area contributed by atoms with Gasteiger partial charge in [-0.25, -0.2) is 0 Å². The van der Waals surface area contributed by atoms with Crippen LogP contribution in [0, 0.1) is 0 Å². The number of hydrogen-bond donors (Lipinski definition) is 2. The Morgan fingerprint density at radius 2 is 1.83 bits per heavy atom. The number of hydrogen-bond acceptors (Lipinski definition) is 4. The molecule has 2 N–H and O–H groups in total. The molecule has 6 heteroatoms. The van der Waals surface area contributed by atoms with Gasteiger partial charge in [0.2, 0.25) is 0 Å². The molecule has 0 aliphatic carbocycles. The Morgan fingerprint density at radius 3 is 2.59 bits per heavy atom. The number of fused-ring (bicyclic) bond motifs is 1. The zero-order chi connectivity index (χ0) is 20.2. The lowest BCUT2D eigenvalue weighted by Crippen LogP contribution is -2.36. The molecule has 6 nitrogen and oxygen atoms in total. The summed E-state index contributed by atoms with van der Waals surface area (Å²) in [6.07, 6.45) is 2.39. The summed E-state index contributed by atoms with van der Waals surface area (Å²) in [5.41, 5.74) is 2.60. The minimum atomic E-state index is -0.104. The molecule has 0 spiro atoms. The second kappa shape index (κ2) is 8.57. The molecule has 2 heterocycles. The topological polar surface area (TPSA) is 66.6 Å². The van der Waals surface area contributed by atoms with Crippen molar-refractivity contribution in [2.24, 2.45) is 0 Å². The van der Waals surface area contributed by atoms with E-state index < -0.39 is 0 Å². The number of nitrogens with zero attached hydrogens (tertiary/aromatic N) is 1. The first kappa shape index (κ1) is 19.3. The lowest BCUT2D eigenvalue weighted by molar-refractivity contribution is 0.0933. The Bertz CT molecular complexity index is 992. The molecule has 29 heavy (non-hydrogen) atoms. The molecular formula is C23H27N3O3. The van der Waals surface area contributed by atoms with Gasteiger partial charge >= 0.3 is 0 Å². The summed E-state index contributed by atoms with van der Waals surface area (Å²) in [7, 11) is 3.31. The Kier molecular flexibility index (Phi) is 5.71. The standard InChI is InChI=1S/C23H27N3O3/c1-28-18-7-5-6-17(12-18)22(26-10-3-4-11-26)15-24-23(27)21-13-16-8-9-19(29-2)14-20(16)25-21/h5-9,12-14,22,25H,3-4,10-11,15H2,1-2H3,(H,24,27). The zero-order valence-corrected chi connectivity index (χ0v) is 16.9. The molecule has 4 rings (SSSR count). The number of methoxy groups -OCH3 is 2. The molecule has 2 aromatic carbocycles. The molecule has 1 aromatic heterocycles. The summed E-state index contributed by atoms with van der Waals surface area (Å²) in [6.45, 7) is 2.64. The van der Waals surface area contributed by atoms with Crippen LogP contribution in [-0.2, 0) is 0 Å². The molecule has 152 valence electrons. The number of aromatic amines is 1. The highest BCUT2D eigenvalue weighted by atomic mass is 16.5. The highest BCUT2D eigenvalue weighted by Crippen LogP contribution is 2.27. The number of carbonyl (C=O) groups is 1. The quantitative estimate of drug-likeness (QED) is 0.642. The van der Waals surface area contributed by atoms with Gasteiger partial charge < -0.3 is 19.8 Å². The van der Waals surface area contributed by atoms with Crippen molar-refractivity contribution in [3.05, 3.63) is 59.8 Å². The van der Waals surface area contributed by atoms with Crippen molar-refractivity contribution in [3.8, 4) is 11.5 Å². The van der Waals surface area contributed by atoms with Gasteiger partial charge in [-0.3, -0.25) is 9.69 Å². The van der Waals surface area contributed by atoms with E-state index in [1.165, 1.54) is 12.8 Å². The first-order valence-electron chi connectivity index (χ1n) is 10.0. The molecular weight excluding hydrogens is 366 g/mol. The average molecular weight is 393 g/mol. The van der Waals surface area contributed by atoms with Gasteiger partial charge in [0.05, 0.1) is 20.3 Å². The minimum absolute atomic E-state index is 0.104.